The molecule has 2 aromatic carbocycles. The van der Waals surface area contributed by atoms with Gasteiger partial charge in [0.05, 0.1) is 12.8 Å². The van der Waals surface area contributed by atoms with Gasteiger partial charge in [-0.25, -0.2) is 4.68 Å². The first-order valence-electron chi connectivity index (χ1n) is 10.8. The van der Waals surface area contributed by atoms with Gasteiger partial charge >= 0.3 is 0 Å². The van der Waals surface area contributed by atoms with E-state index in [1.165, 1.54) is 6.08 Å². The normalized spacial score (nSPS) is 10.9. The Morgan fingerprint density at radius 2 is 1.62 bits per heavy atom. The number of benzene rings is 2. The van der Waals surface area contributed by atoms with Crippen molar-refractivity contribution in [2.75, 3.05) is 17.7 Å². The third kappa shape index (κ3) is 5.29. The Kier molecular flexibility index (Phi) is 6.68. The monoisotopic (exact) mass is 454 g/mol. The van der Waals surface area contributed by atoms with E-state index < -0.39 is 0 Å². The van der Waals surface area contributed by atoms with Crippen LogP contribution >= 0.6 is 0 Å². The predicted octanol–water partition coefficient (Wildman–Crippen LogP) is 4.99. The molecule has 0 atom stereocenters. The summed E-state index contributed by atoms with van der Waals surface area (Å²) < 4.78 is 6.93. The molecule has 0 fully saturated rings. The zero-order valence-corrected chi connectivity index (χ0v) is 19.5. The van der Waals surface area contributed by atoms with Crippen LogP contribution in [0.1, 0.15) is 22.5 Å². The van der Waals surface area contributed by atoms with Crippen molar-refractivity contribution < 1.29 is 9.53 Å². The molecule has 2 heterocycles. The number of amides is 1. The summed E-state index contributed by atoms with van der Waals surface area (Å²) in [5, 5.41) is 19.1. The first-order valence-corrected chi connectivity index (χ1v) is 10.8. The zero-order valence-electron chi connectivity index (χ0n) is 19.5. The lowest BCUT2D eigenvalue weighted by molar-refractivity contribution is -0.111. The molecule has 4 aromatic rings. The van der Waals surface area contributed by atoms with Crippen LogP contribution in [0.2, 0.25) is 0 Å². The quantitative estimate of drug-likeness (QED) is 0.382. The van der Waals surface area contributed by atoms with Crippen LogP contribution < -0.4 is 15.4 Å². The van der Waals surface area contributed by atoms with E-state index >= 15 is 0 Å². The van der Waals surface area contributed by atoms with Crippen molar-refractivity contribution in [2.24, 2.45) is 0 Å². The van der Waals surface area contributed by atoms with Crippen molar-refractivity contribution in [3.63, 3.8) is 0 Å². The Labute approximate surface area is 198 Å². The van der Waals surface area contributed by atoms with Crippen LogP contribution in [0.5, 0.6) is 5.75 Å². The van der Waals surface area contributed by atoms with Gasteiger partial charge in [-0.05, 0) is 86.5 Å². The zero-order chi connectivity index (χ0) is 24.1. The fraction of sp³-hybridized carbons (Fsp3) is 0.154. The van der Waals surface area contributed by atoms with E-state index in [4.69, 9.17) is 4.74 Å². The van der Waals surface area contributed by atoms with Gasteiger partial charge in [-0.2, -0.15) is 5.10 Å². The molecule has 0 spiro atoms. The number of hydrogen-bond acceptors (Lipinski definition) is 6. The molecule has 2 aromatic heterocycles. The van der Waals surface area contributed by atoms with Gasteiger partial charge in [-0.1, -0.05) is 12.1 Å². The minimum atomic E-state index is -0.211. The van der Waals surface area contributed by atoms with E-state index in [0.29, 0.717) is 17.3 Å². The SMILES string of the molecule is COc1ccc(/C=C/C(=O)Nc2ccc(Nc3ccc(-n4nc(C)c(C)c4C)nn3)cc2)cc1. The summed E-state index contributed by atoms with van der Waals surface area (Å²) in [5.41, 5.74) is 5.60. The van der Waals surface area contributed by atoms with Crippen molar-refractivity contribution in [3.05, 3.63) is 89.3 Å². The third-order valence-electron chi connectivity index (χ3n) is 5.49. The van der Waals surface area contributed by atoms with Gasteiger partial charge in [0.1, 0.15) is 5.75 Å². The lowest BCUT2D eigenvalue weighted by atomic mass is 10.2. The third-order valence-corrected chi connectivity index (χ3v) is 5.49. The van der Waals surface area contributed by atoms with E-state index in [9.17, 15) is 4.79 Å². The molecule has 0 unspecified atom stereocenters. The first kappa shape index (κ1) is 22.7. The molecule has 0 aliphatic carbocycles. The fourth-order valence-corrected chi connectivity index (χ4v) is 3.30. The summed E-state index contributed by atoms with van der Waals surface area (Å²) >= 11 is 0. The van der Waals surface area contributed by atoms with Crippen LogP contribution in [-0.4, -0.2) is 33.0 Å². The molecule has 0 saturated heterocycles. The van der Waals surface area contributed by atoms with Crippen LogP contribution in [0.15, 0.2) is 66.7 Å². The Balaban J connectivity index is 1.34. The van der Waals surface area contributed by atoms with Gasteiger partial charge in [0, 0.05) is 23.1 Å². The van der Waals surface area contributed by atoms with E-state index in [2.05, 4.69) is 25.9 Å². The highest BCUT2D eigenvalue weighted by Crippen LogP contribution is 2.19. The maximum atomic E-state index is 12.2. The number of nitrogens with one attached hydrogen (secondary N) is 2. The molecule has 0 bridgehead atoms. The van der Waals surface area contributed by atoms with Crippen LogP contribution in [-0.2, 0) is 4.79 Å². The Bertz CT molecular complexity index is 1310. The van der Waals surface area contributed by atoms with E-state index in [0.717, 1.165) is 34.0 Å². The topological polar surface area (TPSA) is 94.0 Å². The molecular weight excluding hydrogens is 428 g/mol. The van der Waals surface area contributed by atoms with Crippen molar-refractivity contribution in [2.45, 2.75) is 20.8 Å². The number of methoxy groups -OCH3 is 1. The number of carbonyl (C=O) groups excluding carboxylic acids is 1. The molecular formula is C26H26N6O2. The maximum absolute atomic E-state index is 12.2. The van der Waals surface area contributed by atoms with Crippen LogP contribution in [0.3, 0.4) is 0 Å². The number of aromatic nitrogens is 4. The largest absolute Gasteiger partial charge is 0.497 e. The maximum Gasteiger partial charge on any atom is 0.248 e. The van der Waals surface area contributed by atoms with Gasteiger partial charge in [-0.15, -0.1) is 10.2 Å². The summed E-state index contributed by atoms with van der Waals surface area (Å²) in [7, 11) is 1.62. The molecule has 0 radical (unpaired) electrons. The number of anilines is 3. The van der Waals surface area contributed by atoms with E-state index in [-0.39, 0.29) is 5.91 Å². The average molecular weight is 455 g/mol. The molecule has 0 saturated carbocycles. The van der Waals surface area contributed by atoms with Crippen LogP contribution in [0.4, 0.5) is 17.2 Å². The van der Waals surface area contributed by atoms with E-state index in [1.54, 1.807) is 17.9 Å². The molecule has 8 heteroatoms. The van der Waals surface area contributed by atoms with Crippen molar-refractivity contribution in [1.29, 1.82) is 0 Å². The van der Waals surface area contributed by atoms with Crippen LogP contribution in [0.25, 0.3) is 11.9 Å². The highest BCUT2D eigenvalue weighted by Gasteiger charge is 2.10. The Morgan fingerprint density at radius 1 is 0.912 bits per heavy atom. The van der Waals surface area contributed by atoms with Gasteiger partial charge in [0.2, 0.25) is 5.91 Å². The number of aryl methyl sites for hydroxylation is 1. The lowest BCUT2D eigenvalue weighted by Gasteiger charge is -2.08. The van der Waals surface area contributed by atoms with Crippen molar-refractivity contribution in [3.8, 4) is 11.6 Å². The highest BCUT2D eigenvalue weighted by atomic mass is 16.5. The molecule has 0 aliphatic heterocycles. The van der Waals surface area contributed by atoms with Crippen molar-refractivity contribution >= 4 is 29.2 Å². The summed E-state index contributed by atoms with van der Waals surface area (Å²) in [6.07, 6.45) is 3.25. The van der Waals surface area contributed by atoms with Gasteiger partial charge in [-0.3, -0.25) is 4.79 Å². The molecule has 8 nitrogen and oxygen atoms in total. The minimum Gasteiger partial charge on any atom is -0.497 e. The lowest BCUT2D eigenvalue weighted by Crippen LogP contribution is -2.07. The molecule has 2 N–H and O–H groups in total. The van der Waals surface area contributed by atoms with Crippen molar-refractivity contribution in [1.82, 2.24) is 20.0 Å². The standard InChI is InChI=1S/C26H26N6O2/c1-17-18(2)31-32(19(17)3)25-15-14-24(29-30-25)27-21-8-10-22(11-9-21)28-26(33)16-7-20-5-12-23(34-4)13-6-20/h5-16H,1-4H3,(H,27,29)(H,28,33)/b16-7+. The van der Waals surface area contributed by atoms with Gasteiger partial charge < -0.3 is 15.4 Å². The number of ether oxygens (including phenoxy) is 1. The smallest absolute Gasteiger partial charge is 0.248 e. The van der Waals surface area contributed by atoms with Crippen LogP contribution in [0, 0.1) is 20.8 Å². The summed E-state index contributed by atoms with van der Waals surface area (Å²) in [6.45, 7) is 6.03. The fourth-order valence-electron chi connectivity index (χ4n) is 3.30. The van der Waals surface area contributed by atoms with Gasteiger partial charge in [0.15, 0.2) is 11.6 Å². The minimum absolute atomic E-state index is 0.211. The average Bonchev–Trinajstić information content (AvgIpc) is 3.12. The number of rotatable bonds is 7. The summed E-state index contributed by atoms with van der Waals surface area (Å²) in [4.78, 5) is 12.2. The second-order valence-electron chi connectivity index (χ2n) is 7.78. The molecule has 172 valence electrons. The summed E-state index contributed by atoms with van der Waals surface area (Å²) in [6, 6.07) is 18.6. The van der Waals surface area contributed by atoms with E-state index in [1.807, 2.05) is 81.4 Å². The molecule has 4 rings (SSSR count). The predicted molar refractivity (Wildman–Crippen MR) is 134 cm³/mol. The highest BCUT2D eigenvalue weighted by molar-refractivity contribution is 6.02. The first-order chi connectivity index (χ1) is 16.4. The molecule has 0 aliphatic rings. The Morgan fingerprint density at radius 3 is 2.21 bits per heavy atom. The number of hydrogen-bond donors (Lipinski definition) is 2. The second-order valence-corrected chi connectivity index (χ2v) is 7.78. The molecule has 1 amide bonds. The summed E-state index contributed by atoms with van der Waals surface area (Å²) in [5.74, 6) is 1.84. The number of nitrogens with zero attached hydrogens (tertiary/aromatic N) is 4. The number of carbonyl (C=O) groups is 1. The Hall–Kier alpha value is -4.46. The molecule has 34 heavy (non-hydrogen) atoms. The van der Waals surface area contributed by atoms with Gasteiger partial charge in [0.25, 0.3) is 0 Å². The second kappa shape index (κ2) is 9.99.